The van der Waals surface area contributed by atoms with Crippen molar-refractivity contribution in [3.63, 3.8) is 0 Å². The summed E-state index contributed by atoms with van der Waals surface area (Å²) in [6.45, 7) is 6.72. The lowest BCUT2D eigenvalue weighted by atomic mass is 9.94. The lowest BCUT2D eigenvalue weighted by Crippen LogP contribution is -2.28. The van der Waals surface area contributed by atoms with E-state index in [2.05, 4.69) is 27.2 Å². The van der Waals surface area contributed by atoms with Gasteiger partial charge < -0.3 is 20.9 Å². The average molecular weight is 499 g/mol. The number of nitrogens with zero attached hydrogens (tertiary/aromatic N) is 3. The molecule has 6 nitrogen and oxygen atoms in total. The van der Waals surface area contributed by atoms with Crippen LogP contribution in [0.3, 0.4) is 0 Å². The molecule has 3 aromatic rings. The highest BCUT2D eigenvalue weighted by molar-refractivity contribution is 6.30. The summed E-state index contributed by atoms with van der Waals surface area (Å²) in [4.78, 5) is 8.91. The molecule has 0 bridgehead atoms. The molecule has 1 aliphatic heterocycles. The zero-order valence-electron chi connectivity index (χ0n) is 19.4. The van der Waals surface area contributed by atoms with E-state index in [1.54, 1.807) is 30.3 Å². The number of hydrogen-bond acceptors (Lipinski definition) is 5. The molecule has 1 aliphatic rings. The van der Waals surface area contributed by atoms with Gasteiger partial charge >= 0.3 is 0 Å². The van der Waals surface area contributed by atoms with E-state index in [1.807, 2.05) is 4.57 Å². The molecule has 0 spiro atoms. The van der Waals surface area contributed by atoms with E-state index in [0.29, 0.717) is 51.8 Å². The van der Waals surface area contributed by atoms with Gasteiger partial charge in [-0.25, -0.2) is 18.8 Å². The van der Waals surface area contributed by atoms with Gasteiger partial charge in [-0.2, -0.15) is 0 Å². The number of anilines is 1. The average Bonchev–Trinajstić information content (AvgIpc) is 3.16. The Hall–Kier alpha value is -3.23. The van der Waals surface area contributed by atoms with Gasteiger partial charge in [-0.05, 0) is 62.5 Å². The van der Waals surface area contributed by atoms with Crippen molar-refractivity contribution in [2.75, 3.05) is 18.8 Å². The fourth-order valence-corrected chi connectivity index (χ4v) is 4.35. The van der Waals surface area contributed by atoms with Crippen molar-refractivity contribution in [2.24, 2.45) is 10.9 Å². The fraction of sp³-hybridized carbons (Fsp3) is 0.308. The number of imidazole rings is 1. The van der Waals surface area contributed by atoms with Crippen LogP contribution < -0.4 is 16.4 Å². The van der Waals surface area contributed by atoms with E-state index in [0.717, 1.165) is 32.4 Å². The number of nitrogen functional groups attached to an aromatic ring is 1. The molecular formula is C26H29ClF2N6. The first kappa shape index (κ1) is 24.9. The smallest absolute Gasteiger partial charge is 0.145 e. The molecule has 2 heterocycles. The maximum Gasteiger partial charge on any atom is 0.145 e. The number of rotatable bonds is 9. The van der Waals surface area contributed by atoms with Crippen LogP contribution in [-0.4, -0.2) is 28.9 Å². The second kappa shape index (κ2) is 11.5. The van der Waals surface area contributed by atoms with Gasteiger partial charge in [0, 0.05) is 23.7 Å². The van der Waals surface area contributed by atoms with E-state index in [9.17, 15) is 8.78 Å². The number of nitrogens with two attached hydrogens (primary N) is 1. The van der Waals surface area contributed by atoms with Crippen molar-refractivity contribution >= 4 is 23.6 Å². The van der Waals surface area contributed by atoms with Crippen molar-refractivity contribution in [3.8, 4) is 11.4 Å². The molecule has 4 N–H and O–H groups in total. The van der Waals surface area contributed by atoms with Crippen LogP contribution in [0.4, 0.5) is 14.6 Å². The third-order valence-electron chi connectivity index (χ3n) is 6.21. The van der Waals surface area contributed by atoms with Gasteiger partial charge in [0.25, 0.3) is 0 Å². The van der Waals surface area contributed by atoms with Crippen LogP contribution in [0, 0.1) is 17.6 Å². The van der Waals surface area contributed by atoms with E-state index >= 15 is 0 Å². The number of piperidine rings is 1. The molecule has 2 aromatic carbocycles. The quantitative estimate of drug-likeness (QED) is 0.357. The van der Waals surface area contributed by atoms with Gasteiger partial charge in [0.2, 0.25) is 0 Å². The summed E-state index contributed by atoms with van der Waals surface area (Å²) in [5.74, 6) is 0.954. The molecule has 0 radical (unpaired) electrons. The van der Waals surface area contributed by atoms with Crippen LogP contribution in [0.2, 0.25) is 5.02 Å². The van der Waals surface area contributed by atoms with Crippen LogP contribution in [-0.2, 0) is 13.1 Å². The van der Waals surface area contributed by atoms with Gasteiger partial charge in [0.1, 0.15) is 34.8 Å². The van der Waals surface area contributed by atoms with E-state index in [4.69, 9.17) is 17.3 Å². The Kier molecular flexibility index (Phi) is 8.15. The largest absolute Gasteiger partial charge is 0.383 e. The number of halogens is 3. The first-order valence-electron chi connectivity index (χ1n) is 11.6. The van der Waals surface area contributed by atoms with Crippen LogP contribution in [0.5, 0.6) is 0 Å². The Balaban J connectivity index is 1.54. The molecule has 0 amide bonds. The second-order valence-electron chi connectivity index (χ2n) is 8.61. The lowest BCUT2D eigenvalue weighted by Gasteiger charge is -2.23. The van der Waals surface area contributed by atoms with Crippen molar-refractivity contribution < 1.29 is 8.78 Å². The van der Waals surface area contributed by atoms with Gasteiger partial charge in [-0.3, -0.25) is 0 Å². The summed E-state index contributed by atoms with van der Waals surface area (Å²) in [6, 6.07) is 11.0. The normalized spacial score (nSPS) is 14.5. The number of nitrogens with one attached hydrogen (secondary N) is 2. The van der Waals surface area contributed by atoms with Gasteiger partial charge in [-0.15, -0.1) is 0 Å². The second-order valence-corrected chi connectivity index (χ2v) is 9.05. The summed E-state index contributed by atoms with van der Waals surface area (Å²) in [5.41, 5.74) is 7.69. The Morgan fingerprint density at radius 3 is 2.74 bits per heavy atom. The van der Waals surface area contributed by atoms with Gasteiger partial charge in [0.15, 0.2) is 0 Å². The highest BCUT2D eigenvalue weighted by Gasteiger charge is 2.20. The maximum absolute atomic E-state index is 14.8. The molecule has 0 atom stereocenters. The first-order chi connectivity index (χ1) is 16.9. The third-order valence-corrected chi connectivity index (χ3v) is 6.45. The fourth-order valence-electron chi connectivity index (χ4n) is 4.19. The minimum atomic E-state index is -0.468. The Labute approximate surface area is 208 Å². The summed E-state index contributed by atoms with van der Waals surface area (Å²) in [5, 5.41) is 6.66. The predicted octanol–water partition coefficient (Wildman–Crippen LogP) is 5.13. The predicted molar refractivity (Wildman–Crippen MR) is 137 cm³/mol. The summed E-state index contributed by atoms with van der Waals surface area (Å²) >= 11 is 5.95. The van der Waals surface area contributed by atoms with Crippen LogP contribution in [0.25, 0.3) is 11.4 Å². The number of aromatic nitrogens is 2. The Bertz CT molecular complexity index is 1220. The Morgan fingerprint density at radius 1 is 1.23 bits per heavy atom. The van der Waals surface area contributed by atoms with Crippen LogP contribution >= 0.6 is 11.6 Å². The Morgan fingerprint density at radius 2 is 2.00 bits per heavy atom. The molecule has 0 saturated carbocycles. The minimum absolute atomic E-state index is 0.240. The third kappa shape index (κ3) is 6.26. The van der Waals surface area contributed by atoms with Crippen LogP contribution in [0.15, 0.2) is 59.9 Å². The maximum atomic E-state index is 14.8. The molecule has 4 rings (SSSR count). The van der Waals surface area contributed by atoms with E-state index < -0.39 is 5.82 Å². The van der Waals surface area contributed by atoms with Crippen molar-refractivity contribution in [3.05, 3.63) is 82.8 Å². The molecule has 1 fully saturated rings. The van der Waals surface area contributed by atoms with Crippen molar-refractivity contribution in [2.45, 2.75) is 32.4 Å². The van der Waals surface area contributed by atoms with E-state index in [1.165, 1.54) is 18.3 Å². The molecule has 9 heteroatoms. The van der Waals surface area contributed by atoms with Gasteiger partial charge in [-0.1, -0.05) is 36.4 Å². The highest BCUT2D eigenvalue weighted by atomic mass is 35.5. The van der Waals surface area contributed by atoms with E-state index in [-0.39, 0.29) is 12.4 Å². The van der Waals surface area contributed by atoms with Crippen molar-refractivity contribution in [1.82, 2.24) is 20.2 Å². The molecule has 0 unspecified atom stereocenters. The monoisotopic (exact) mass is 498 g/mol. The minimum Gasteiger partial charge on any atom is -0.383 e. The van der Waals surface area contributed by atoms with Gasteiger partial charge in [0.05, 0.1) is 11.8 Å². The summed E-state index contributed by atoms with van der Waals surface area (Å²) in [6.07, 6.45) is 4.60. The first-order valence-corrected chi connectivity index (χ1v) is 12.0. The molecular weight excluding hydrogens is 470 g/mol. The zero-order chi connectivity index (χ0) is 24.8. The summed E-state index contributed by atoms with van der Waals surface area (Å²) in [7, 11) is 0. The van der Waals surface area contributed by atoms with Crippen molar-refractivity contribution in [1.29, 1.82) is 0 Å². The molecule has 1 saturated heterocycles. The standard InChI is InChI=1S/C26H29ClF2N6/c1-17(32-15-19-4-2-3-5-22(19)28)33-16-24-25(30)35(13-10-18-8-11-31-12-9-18)26(34-24)21-7-6-20(27)14-23(21)29/h2-7,14,16,18,31-32H,1,8-13,15,30H2/b33-16-. The van der Waals surface area contributed by atoms with Crippen LogP contribution in [0.1, 0.15) is 30.5 Å². The zero-order valence-corrected chi connectivity index (χ0v) is 20.2. The molecule has 184 valence electrons. The molecule has 35 heavy (non-hydrogen) atoms. The lowest BCUT2D eigenvalue weighted by molar-refractivity contribution is 0.339. The topological polar surface area (TPSA) is 80.3 Å². The molecule has 1 aromatic heterocycles. The summed E-state index contributed by atoms with van der Waals surface area (Å²) < 4.78 is 30.5. The number of benzene rings is 2. The number of aliphatic imine (C=N–C) groups is 1. The SMILES string of the molecule is C=C(/N=C\c1nc(-c2ccc(Cl)cc2F)n(CCC2CCNCC2)c1N)NCc1ccccc1F. The highest BCUT2D eigenvalue weighted by Crippen LogP contribution is 2.29. The molecule has 0 aliphatic carbocycles. The number of hydrogen-bond donors (Lipinski definition) is 3.